The van der Waals surface area contributed by atoms with Gasteiger partial charge in [-0.2, -0.15) is 5.10 Å². The number of halogens is 1. The van der Waals surface area contributed by atoms with E-state index in [4.69, 9.17) is 5.14 Å². The maximum absolute atomic E-state index is 14.0. The van der Waals surface area contributed by atoms with E-state index >= 15 is 0 Å². The molecule has 0 bridgehead atoms. The number of aryl methyl sites for hydroxylation is 1. The number of benzene rings is 1. The summed E-state index contributed by atoms with van der Waals surface area (Å²) in [7, 11) is -4.08. The molecule has 26 heavy (non-hydrogen) atoms. The van der Waals surface area contributed by atoms with Crippen molar-refractivity contribution < 1.29 is 12.8 Å². The lowest BCUT2D eigenvalue weighted by atomic mass is 10.2. The van der Waals surface area contributed by atoms with E-state index in [2.05, 4.69) is 15.1 Å². The lowest BCUT2D eigenvalue weighted by Crippen LogP contribution is -2.14. The van der Waals surface area contributed by atoms with Crippen LogP contribution in [0.4, 0.5) is 4.39 Å². The van der Waals surface area contributed by atoms with E-state index in [9.17, 15) is 12.8 Å². The van der Waals surface area contributed by atoms with Crippen LogP contribution >= 0.6 is 0 Å². The van der Waals surface area contributed by atoms with Crippen LogP contribution in [0, 0.1) is 12.7 Å². The summed E-state index contributed by atoms with van der Waals surface area (Å²) in [5, 5.41) is 11.2. The van der Waals surface area contributed by atoms with Crippen LogP contribution in [-0.2, 0) is 16.6 Å². The first kappa shape index (κ1) is 16.6. The first-order valence-electron chi connectivity index (χ1n) is 7.72. The van der Waals surface area contributed by atoms with Gasteiger partial charge in [0.25, 0.3) is 0 Å². The number of hydrogen-bond donors (Lipinski definition) is 1. The van der Waals surface area contributed by atoms with Gasteiger partial charge in [0.1, 0.15) is 16.2 Å². The van der Waals surface area contributed by atoms with Crippen molar-refractivity contribution in [2.24, 2.45) is 5.14 Å². The molecule has 0 saturated carbocycles. The van der Waals surface area contributed by atoms with Gasteiger partial charge in [-0.25, -0.2) is 27.9 Å². The molecule has 4 rings (SSSR count). The minimum absolute atomic E-state index is 0.275. The zero-order valence-corrected chi connectivity index (χ0v) is 14.5. The van der Waals surface area contributed by atoms with Crippen molar-refractivity contribution in [3.8, 4) is 0 Å². The van der Waals surface area contributed by atoms with Gasteiger partial charge in [-0.15, -0.1) is 0 Å². The van der Waals surface area contributed by atoms with Crippen LogP contribution in [0.5, 0.6) is 0 Å². The number of aromatic nitrogens is 4. The number of rotatable bonds is 3. The molecule has 3 aromatic heterocycles. The average Bonchev–Trinajstić information content (AvgIpc) is 2.96. The molecule has 0 fully saturated rings. The fourth-order valence-electron chi connectivity index (χ4n) is 2.84. The van der Waals surface area contributed by atoms with E-state index in [0.717, 1.165) is 34.1 Å². The van der Waals surface area contributed by atoms with Crippen LogP contribution < -0.4 is 5.14 Å². The van der Waals surface area contributed by atoms with Crippen molar-refractivity contribution in [3.05, 3.63) is 59.8 Å². The van der Waals surface area contributed by atoms with Gasteiger partial charge in [-0.3, -0.25) is 4.68 Å². The molecular weight excluding hydrogens is 357 g/mol. The predicted molar refractivity (Wildman–Crippen MR) is 94.4 cm³/mol. The van der Waals surface area contributed by atoms with Crippen molar-refractivity contribution in [1.82, 2.24) is 19.7 Å². The summed E-state index contributed by atoms with van der Waals surface area (Å²) in [5.41, 5.74) is 2.80. The van der Waals surface area contributed by atoms with Crippen molar-refractivity contribution in [3.63, 3.8) is 0 Å². The Hall–Kier alpha value is -2.91. The van der Waals surface area contributed by atoms with Crippen molar-refractivity contribution in [2.75, 3.05) is 0 Å². The molecule has 132 valence electrons. The SMILES string of the molecule is Cc1ccc2c(ncc3cn(Cc4ccc(S(N)(=O)=O)c(F)c4)nc32)n1. The first-order valence-corrected chi connectivity index (χ1v) is 9.27. The summed E-state index contributed by atoms with van der Waals surface area (Å²) in [6.07, 6.45) is 3.49. The number of hydrogen-bond acceptors (Lipinski definition) is 5. The number of primary sulfonamides is 1. The van der Waals surface area contributed by atoms with Gasteiger partial charge >= 0.3 is 0 Å². The third kappa shape index (κ3) is 2.91. The van der Waals surface area contributed by atoms with E-state index in [-0.39, 0.29) is 6.54 Å². The molecule has 7 nitrogen and oxygen atoms in total. The Morgan fingerprint density at radius 2 is 2.04 bits per heavy atom. The van der Waals surface area contributed by atoms with E-state index in [1.54, 1.807) is 17.1 Å². The quantitative estimate of drug-likeness (QED) is 0.594. The molecule has 0 aliphatic heterocycles. The molecule has 0 unspecified atom stereocenters. The van der Waals surface area contributed by atoms with Gasteiger partial charge < -0.3 is 0 Å². The Labute approximate surface area is 148 Å². The number of nitrogens with two attached hydrogens (primary N) is 1. The average molecular weight is 371 g/mol. The Balaban J connectivity index is 1.74. The number of nitrogens with zero attached hydrogens (tertiary/aromatic N) is 4. The molecule has 3 heterocycles. The summed E-state index contributed by atoms with van der Waals surface area (Å²) < 4.78 is 38.2. The number of fused-ring (bicyclic) bond motifs is 3. The fourth-order valence-corrected chi connectivity index (χ4v) is 3.43. The molecule has 0 aliphatic rings. The second-order valence-corrected chi connectivity index (χ2v) is 7.55. The standard InChI is InChI=1S/C17H14FN5O2S/c1-10-2-4-13-16-12(7-20-17(13)21-10)9-23(22-16)8-11-3-5-15(14(18)6-11)26(19,24)25/h2-7,9H,8H2,1H3,(H2,19,24,25). The zero-order chi connectivity index (χ0) is 18.5. The normalized spacial score (nSPS) is 12.1. The monoisotopic (exact) mass is 371 g/mol. The van der Waals surface area contributed by atoms with E-state index in [1.807, 2.05) is 19.1 Å². The van der Waals surface area contributed by atoms with Crippen molar-refractivity contribution >= 4 is 32.0 Å². The molecule has 0 amide bonds. The first-order chi connectivity index (χ1) is 12.3. The molecule has 0 spiro atoms. The molecular formula is C17H14FN5O2S. The predicted octanol–water partition coefficient (Wildman–Crippen LogP) is 2.12. The van der Waals surface area contributed by atoms with Crippen LogP contribution in [0.15, 0.2) is 47.6 Å². The molecule has 0 atom stereocenters. The van der Waals surface area contributed by atoms with Crippen LogP contribution in [0.1, 0.15) is 11.3 Å². The molecule has 9 heteroatoms. The summed E-state index contributed by atoms with van der Waals surface area (Å²) >= 11 is 0. The Kier molecular flexibility index (Phi) is 3.70. The van der Waals surface area contributed by atoms with Gasteiger partial charge in [0.15, 0.2) is 5.65 Å². The van der Waals surface area contributed by atoms with Crippen LogP contribution in [-0.4, -0.2) is 28.2 Å². The maximum atomic E-state index is 14.0. The highest BCUT2D eigenvalue weighted by Gasteiger charge is 2.15. The third-order valence-corrected chi connectivity index (χ3v) is 4.98. The highest BCUT2D eigenvalue weighted by atomic mass is 32.2. The topological polar surface area (TPSA) is 104 Å². The van der Waals surface area contributed by atoms with Crippen LogP contribution in [0.2, 0.25) is 0 Å². The Bertz CT molecular complexity index is 1270. The van der Waals surface area contributed by atoms with Crippen LogP contribution in [0.3, 0.4) is 0 Å². The largest absolute Gasteiger partial charge is 0.267 e. The molecule has 2 N–H and O–H groups in total. The highest BCUT2D eigenvalue weighted by molar-refractivity contribution is 7.89. The van der Waals surface area contributed by atoms with Gasteiger partial charge in [0, 0.05) is 28.9 Å². The molecule has 0 aliphatic carbocycles. The summed E-state index contributed by atoms with van der Waals surface area (Å²) in [4.78, 5) is 8.20. The van der Waals surface area contributed by atoms with Gasteiger partial charge in [0.05, 0.1) is 6.54 Å². The number of pyridine rings is 2. The lowest BCUT2D eigenvalue weighted by Gasteiger charge is -2.05. The van der Waals surface area contributed by atoms with Gasteiger partial charge in [-0.05, 0) is 36.8 Å². The van der Waals surface area contributed by atoms with Crippen molar-refractivity contribution in [2.45, 2.75) is 18.4 Å². The third-order valence-electron chi connectivity index (χ3n) is 4.03. The van der Waals surface area contributed by atoms with Gasteiger partial charge in [-0.1, -0.05) is 6.07 Å². The highest BCUT2D eigenvalue weighted by Crippen LogP contribution is 2.22. The molecule has 0 saturated heterocycles. The Morgan fingerprint density at radius 1 is 1.23 bits per heavy atom. The minimum atomic E-state index is -4.08. The summed E-state index contributed by atoms with van der Waals surface area (Å²) in [5.74, 6) is -0.881. The van der Waals surface area contributed by atoms with E-state index in [0.29, 0.717) is 11.2 Å². The zero-order valence-electron chi connectivity index (χ0n) is 13.7. The fraction of sp³-hybridized carbons (Fsp3) is 0.118. The smallest absolute Gasteiger partial charge is 0.240 e. The Morgan fingerprint density at radius 3 is 2.77 bits per heavy atom. The maximum Gasteiger partial charge on any atom is 0.240 e. The van der Waals surface area contributed by atoms with E-state index < -0.39 is 20.7 Å². The van der Waals surface area contributed by atoms with E-state index in [1.165, 1.54) is 6.07 Å². The lowest BCUT2D eigenvalue weighted by molar-refractivity contribution is 0.565. The van der Waals surface area contributed by atoms with Crippen molar-refractivity contribution in [1.29, 1.82) is 0 Å². The second kappa shape index (κ2) is 5.82. The summed E-state index contributed by atoms with van der Waals surface area (Å²) in [6, 6.07) is 7.63. The minimum Gasteiger partial charge on any atom is -0.267 e. The molecule has 0 radical (unpaired) electrons. The molecule has 4 aromatic rings. The summed E-state index contributed by atoms with van der Waals surface area (Å²) in [6.45, 7) is 2.17. The number of sulfonamides is 1. The molecule has 1 aromatic carbocycles. The second-order valence-electron chi connectivity index (χ2n) is 6.02. The van der Waals surface area contributed by atoms with Gasteiger partial charge in [0.2, 0.25) is 10.0 Å². The van der Waals surface area contributed by atoms with Crippen LogP contribution in [0.25, 0.3) is 21.9 Å².